The van der Waals surface area contributed by atoms with Crippen molar-refractivity contribution in [3.63, 3.8) is 0 Å². The Morgan fingerprint density at radius 2 is 1.94 bits per heavy atom. The van der Waals surface area contributed by atoms with Gasteiger partial charge in [0, 0.05) is 11.4 Å². The SMILES string of the molecule is C=CNC(=C)/C=C(\C=C/C(=C)N)CCCCC. The normalized spacial score (nSPS) is 11.5. The van der Waals surface area contributed by atoms with Crippen molar-refractivity contribution in [1.29, 1.82) is 0 Å². The van der Waals surface area contributed by atoms with Crippen molar-refractivity contribution in [1.82, 2.24) is 5.32 Å². The lowest BCUT2D eigenvalue weighted by Gasteiger charge is -2.04. The number of rotatable bonds is 9. The lowest BCUT2D eigenvalue weighted by atomic mass is 10.1. The van der Waals surface area contributed by atoms with Gasteiger partial charge < -0.3 is 11.1 Å². The Kier molecular flexibility index (Phi) is 8.57. The number of allylic oxidation sites excluding steroid dienone is 4. The fraction of sp³-hybridized carbons (Fsp3) is 0.333. The molecule has 0 amide bonds. The van der Waals surface area contributed by atoms with Crippen molar-refractivity contribution >= 4 is 0 Å². The number of hydrogen-bond acceptors (Lipinski definition) is 2. The van der Waals surface area contributed by atoms with E-state index in [1.807, 2.05) is 18.2 Å². The minimum Gasteiger partial charge on any atom is -0.399 e. The van der Waals surface area contributed by atoms with E-state index in [-0.39, 0.29) is 0 Å². The summed E-state index contributed by atoms with van der Waals surface area (Å²) in [4.78, 5) is 0. The van der Waals surface area contributed by atoms with Gasteiger partial charge in [-0.15, -0.1) is 0 Å². The Morgan fingerprint density at radius 1 is 1.24 bits per heavy atom. The summed E-state index contributed by atoms with van der Waals surface area (Å²) in [7, 11) is 0. The van der Waals surface area contributed by atoms with E-state index in [4.69, 9.17) is 5.73 Å². The number of nitrogens with one attached hydrogen (secondary N) is 1. The van der Waals surface area contributed by atoms with Crippen LogP contribution in [0.3, 0.4) is 0 Å². The summed E-state index contributed by atoms with van der Waals surface area (Å²) in [5.74, 6) is 0. The zero-order valence-electron chi connectivity index (χ0n) is 10.8. The molecule has 0 unspecified atom stereocenters. The first kappa shape index (κ1) is 15.3. The molecule has 0 radical (unpaired) electrons. The van der Waals surface area contributed by atoms with Crippen LogP contribution in [0.15, 0.2) is 61.1 Å². The molecule has 2 heteroatoms. The molecule has 3 N–H and O–H groups in total. The molecular weight excluding hydrogens is 208 g/mol. The van der Waals surface area contributed by atoms with Gasteiger partial charge in [0.05, 0.1) is 0 Å². The van der Waals surface area contributed by atoms with Crippen molar-refractivity contribution in [2.45, 2.75) is 32.6 Å². The number of unbranched alkanes of at least 4 members (excludes halogenated alkanes) is 2. The van der Waals surface area contributed by atoms with Crippen LogP contribution in [0.5, 0.6) is 0 Å². The molecule has 0 aliphatic rings. The highest BCUT2D eigenvalue weighted by molar-refractivity contribution is 5.31. The maximum absolute atomic E-state index is 5.52. The fourth-order valence-corrected chi connectivity index (χ4v) is 1.39. The van der Waals surface area contributed by atoms with Gasteiger partial charge in [-0.25, -0.2) is 0 Å². The van der Waals surface area contributed by atoms with Gasteiger partial charge in [0.1, 0.15) is 0 Å². The lowest BCUT2D eigenvalue weighted by Crippen LogP contribution is -2.00. The van der Waals surface area contributed by atoms with Crippen molar-refractivity contribution in [3.05, 3.63) is 61.1 Å². The maximum Gasteiger partial charge on any atom is 0.0309 e. The summed E-state index contributed by atoms with van der Waals surface area (Å²) >= 11 is 0. The fourth-order valence-electron chi connectivity index (χ4n) is 1.39. The zero-order valence-corrected chi connectivity index (χ0v) is 10.8. The van der Waals surface area contributed by atoms with E-state index < -0.39 is 0 Å². The van der Waals surface area contributed by atoms with E-state index >= 15 is 0 Å². The molecule has 0 aromatic carbocycles. The molecule has 0 fully saturated rings. The van der Waals surface area contributed by atoms with Crippen LogP contribution in [0.2, 0.25) is 0 Å². The first-order chi connectivity index (χ1) is 8.10. The monoisotopic (exact) mass is 232 g/mol. The molecule has 17 heavy (non-hydrogen) atoms. The van der Waals surface area contributed by atoms with Gasteiger partial charge in [-0.05, 0) is 36.8 Å². The van der Waals surface area contributed by atoms with Crippen LogP contribution in [0.1, 0.15) is 32.6 Å². The first-order valence-corrected chi connectivity index (χ1v) is 5.99. The average molecular weight is 232 g/mol. The van der Waals surface area contributed by atoms with Crippen molar-refractivity contribution in [3.8, 4) is 0 Å². The van der Waals surface area contributed by atoms with E-state index in [1.165, 1.54) is 24.8 Å². The van der Waals surface area contributed by atoms with Gasteiger partial charge >= 0.3 is 0 Å². The van der Waals surface area contributed by atoms with Crippen LogP contribution in [0.25, 0.3) is 0 Å². The molecule has 0 saturated carbocycles. The molecule has 94 valence electrons. The molecule has 0 saturated heterocycles. The molecule has 0 aliphatic heterocycles. The second-order valence-corrected chi connectivity index (χ2v) is 3.96. The Morgan fingerprint density at radius 3 is 2.47 bits per heavy atom. The van der Waals surface area contributed by atoms with Crippen LogP contribution >= 0.6 is 0 Å². The third kappa shape index (κ3) is 9.24. The summed E-state index contributed by atoms with van der Waals surface area (Å²) in [6.45, 7) is 13.3. The molecule has 0 spiro atoms. The van der Waals surface area contributed by atoms with Crippen LogP contribution in [-0.2, 0) is 0 Å². The quantitative estimate of drug-likeness (QED) is 0.469. The number of nitrogens with two attached hydrogens (primary N) is 1. The molecule has 0 atom stereocenters. The standard InChI is InChI=1S/C15H24N2/c1-5-7-8-9-15(11-10-13(3)16)12-14(4)17-6-2/h6,10-12,17H,2-5,7-9,16H2,1H3/b11-10-,15-12-. The Bertz CT molecular complexity index is 322. The van der Waals surface area contributed by atoms with Gasteiger partial charge in [0.2, 0.25) is 0 Å². The van der Waals surface area contributed by atoms with Crippen LogP contribution in [-0.4, -0.2) is 0 Å². The summed E-state index contributed by atoms with van der Waals surface area (Å²) in [6, 6.07) is 0. The lowest BCUT2D eigenvalue weighted by molar-refractivity contribution is 0.718. The van der Waals surface area contributed by atoms with Crippen molar-refractivity contribution in [2.75, 3.05) is 0 Å². The smallest absolute Gasteiger partial charge is 0.0309 e. The van der Waals surface area contributed by atoms with Crippen LogP contribution in [0.4, 0.5) is 0 Å². The van der Waals surface area contributed by atoms with Gasteiger partial charge in [-0.2, -0.15) is 0 Å². The topological polar surface area (TPSA) is 38.0 Å². The van der Waals surface area contributed by atoms with E-state index in [2.05, 4.69) is 32.0 Å². The third-order valence-corrected chi connectivity index (χ3v) is 2.23. The second-order valence-electron chi connectivity index (χ2n) is 3.96. The molecule has 0 rings (SSSR count). The van der Waals surface area contributed by atoms with Crippen molar-refractivity contribution < 1.29 is 0 Å². The second kappa shape index (κ2) is 9.52. The van der Waals surface area contributed by atoms with Gasteiger partial charge in [-0.3, -0.25) is 0 Å². The van der Waals surface area contributed by atoms with E-state index in [9.17, 15) is 0 Å². The molecule has 2 nitrogen and oxygen atoms in total. The summed E-state index contributed by atoms with van der Waals surface area (Å²) in [6.07, 6.45) is 12.1. The molecular formula is C15H24N2. The highest BCUT2D eigenvalue weighted by Gasteiger charge is 1.95. The van der Waals surface area contributed by atoms with Crippen LogP contribution < -0.4 is 11.1 Å². The predicted octanol–water partition coefficient (Wildman–Crippen LogP) is 3.77. The van der Waals surface area contributed by atoms with Gasteiger partial charge in [-0.1, -0.05) is 45.6 Å². The highest BCUT2D eigenvalue weighted by Crippen LogP contribution is 2.12. The number of hydrogen-bond donors (Lipinski definition) is 2. The molecule has 0 aromatic rings. The van der Waals surface area contributed by atoms with Crippen LogP contribution in [0, 0.1) is 0 Å². The Hall–Kier alpha value is -1.70. The summed E-state index contributed by atoms with van der Waals surface area (Å²) < 4.78 is 0. The van der Waals surface area contributed by atoms with Crippen molar-refractivity contribution in [2.24, 2.45) is 5.73 Å². The maximum atomic E-state index is 5.52. The van der Waals surface area contributed by atoms with Gasteiger partial charge in [0.15, 0.2) is 0 Å². The third-order valence-electron chi connectivity index (χ3n) is 2.23. The largest absolute Gasteiger partial charge is 0.399 e. The Balaban J connectivity index is 4.53. The Labute approximate surface area is 105 Å². The summed E-state index contributed by atoms with van der Waals surface area (Å²) in [5, 5.41) is 2.96. The molecule has 0 aromatic heterocycles. The first-order valence-electron chi connectivity index (χ1n) is 5.99. The average Bonchev–Trinajstić information content (AvgIpc) is 2.26. The van der Waals surface area contributed by atoms with E-state index in [0.29, 0.717) is 5.70 Å². The van der Waals surface area contributed by atoms with E-state index in [0.717, 1.165) is 12.1 Å². The minimum atomic E-state index is 0.564. The van der Waals surface area contributed by atoms with Gasteiger partial charge in [0.25, 0.3) is 0 Å². The highest BCUT2D eigenvalue weighted by atomic mass is 14.8. The zero-order chi connectivity index (χ0) is 13.1. The predicted molar refractivity (Wildman–Crippen MR) is 77.2 cm³/mol. The minimum absolute atomic E-state index is 0.564. The summed E-state index contributed by atoms with van der Waals surface area (Å²) in [5.41, 5.74) is 8.12. The molecule has 0 heterocycles. The van der Waals surface area contributed by atoms with E-state index in [1.54, 1.807) is 6.20 Å². The molecule has 0 aliphatic carbocycles. The molecule has 0 bridgehead atoms.